The Morgan fingerprint density at radius 2 is 2.14 bits per heavy atom. The molecule has 3 N–H and O–H groups in total. The first-order valence-electron chi connectivity index (χ1n) is 5.99. The number of carbonyl (C=O) groups excluding carboxylic acids is 1. The molecule has 0 bridgehead atoms. The van der Waals surface area contributed by atoms with E-state index in [0.29, 0.717) is 5.57 Å². The molecule has 9 heteroatoms. The number of nitriles is 1. The van der Waals surface area contributed by atoms with Crippen molar-refractivity contribution in [1.29, 1.82) is 5.26 Å². The fraction of sp³-hybridized carbons (Fsp3) is 0.231. The normalized spacial score (nSPS) is 10.4. The third-order valence-electron chi connectivity index (χ3n) is 2.30. The van der Waals surface area contributed by atoms with Crippen molar-refractivity contribution >= 4 is 21.9 Å². The van der Waals surface area contributed by atoms with Crippen molar-refractivity contribution in [2.75, 3.05) is 17.9 Å². The van der Waals surface area contributed by atoms with Gasteiger partial charge in [-0.1, -0.05) is 12.6 Å². The maximum absolute atomic E-state index is 11.0. The smallest absolute Gasteiger partial charge is 0.302 e. The van der Waals surface area contributed by atoms with Gasteiger partial charge in [-0.3, -0.25) is 9.52 Å². The van der Waals surface area contributed by atoms with Crippen LogP contribution in [0.4, 0.5) is 5.69 Å². The average Bonchev–Trinajstić information content (AvgIpc) is 2.41. The number of hydrogen-bond acceptors (Lipinski definition) is 6. The second-order valence-corrected chi connectivity index (χ2v) is 5.55. The quantitative estimate of drug-likeness (QED) is 0.559. The van der Waals surface area contributed by atoms with Crippen molar-refractivity contribution in [3.8, 4) is 11.8 Å². The van der Waals surface area contributed by atoms with Crippen molar-refractivity contribution in [2.24, 2.45) is 5.14 Å². The van der Waals surface area contributed by atoms with Crippen LogP contribution in [0.5, 0.6) is 5.75 Å². The van der Waals surface area contributed by atoms with Crippen molar-refractivity contribution in [3.05, 3.63) is 35.9 Å². The molecule has 118 valence electrons. The van der Waals surface area contributed by atoms with Gasteiger partial charge in [-0.05, 0) is 17.7 Å². The Labute approximate surface area is 128 Å². The van der Waals surface area contributed by atoms with E-state index in [1.165, 1.54) is 25.1 Å². The Morgan fingerprint density at radius 3 is 2.68 bits per heavy atom. The summed E-state index contributed by atoms with van der Waals surface area (Å²) in [7, 11) is -4.01. The molecule has 0 atom stereocenters. The van der Waals surface area contributed by atoms with Crippen LogP contribution in [0, 0.1) is 11.3 Å². The van der Waals surface area contributed by atoms with E-state index in [1.54, 1.807) is 0 Å². The summed E-state index contributed by atoms with van der Waals surface area (Å²) in [4.78, 5) is 10.7. The van der Waals surface area contributed by atoms with Gasteiger partial charge in [-0.2, -0.15) is 13.7 Å². The van der Waals surface area contributed by atoms with Gasteiger partial charge in [0.05, 0.1) is 5.69 Å². The highest BCUT2D eigenvalue weighted by molar-refractivity contribution is 7.90. The number of hydrogen-bond donors (Lipinski definition) is 2. The molecule has 0 fully saturated rings. The zero-order valence-electron chi connectivity index (χ0n) is 11.8. The SMILES string of the molecule is C=C(COC(C)=O)COc1cccc(NS(N)(=O)=O)c1C#N. The van der Waals surface area contributed by atoms with E-state index >= 15 is 0 Å². The summed E-state index contributed by atoms with van der Waals surface area (Å²) in [6.45, 7) is 4.92. The number of carbonyl (C=O) groups is 1. The van der Waals surface area contributed by atoms with Crippen molar-refractivity contribution in [1.82, 2.24) is 0 Å². The van der Waals surface area contributed by atoms with E-state index < -0.39 is 16.2 Å². The molecule has 0 spiro atoms. The Hall–Kier alpha value is -2.57. The first kappa shape index (κ1) is 17.5. The monoisotopic (exact) mass is 325 g/mol. The molecule has 0 aliphatic rings. The molecule has 0 amide bonds. The van der Waals surface area contributed by atoms with E-state index in [1.807, 2.05) is 10.8 Å². The van der Waals surface area contributed by atoms with Gasteiger partial charge < -0.3 is 9.47 Å². The summed E-state index contributed by atoms with van der Waals surface area (Å²) in [6, 6.07) is 6.21. The topological polar surface area (TPSA) is 132 Å². The molecule has 0 radical (unpaired) electrons. The number of nitrogens with zero attached hydrogens (tertiary/aromatic N) is 1. The number of benzene rings is 1. The second-order valence-electron chi connectivity index (χ2n) is 4.26. The van der Waals surface area contributed by atoms with Crippen LogP contribution in [0.3, 0.4) is 0 Å². The first-order valence-corrected chi connectivity index (χ1v) is 7.54. The average molecular weight is 325 g/mol. The minimum Gasteiger partial charge on any atom is -0.488 e. The highest BCUT2D eigenvalue weighted by atomic mass is 32.2. The molecule has 8 nitrogen and oxygen atoms in total. The molecule has 0 saturated heterocycles. The predicted molar refractivity (Wildman–Crippen MR) is 79.2 cm³/mol. The molecular weight excluding hydrogens is 310 g/mol. The summed E-state index contributed by atoms with van der Waals surface area (Å²) in [5.74, 6) is -0.293. The van der Waals surface area contributed by atoms with Gasteiger partial charge >= 0.3 is 5.97 Å². The van der Waals surface area contributed by atoms with Crippen molar-refractivity contribution in [2.45, 2.75) is 6.92 Å². The van der Waals surface area contributed by atoms with E-state index in [9.17, 15) is 13.2 Å². The third-order valence-corrected chi connectivity index (χ3v) is 2.81. The van der Waals surface area contributed by atoms with Gasteiger partial charge in [0, 0.05) is 6.92 Å². The maximum atomic E-state index is 11.0. The van der Waals surface area contributed by atoms with Crippen molar-refractivity contribution < 1.29 is 22.7 Å². The van der Waals surface area contributed by atoms with Gasteiger partial charge in [0.15, 0.2) is 0 Å². The molecule has 0 aliphatic carbocycles. The molecule has 1 aromatic rings. The lowest BCUT2D eigenvalue weighted by atomic mass is 10.2. The lowest BCUT2D eigenvalue weighted by molar-refractivity contribution is -0.140. The molecule has 0 saturated carbocycles. The number of nitrogens with one attached hydrogen (secondary N) is 1. The highest BCUT2D eigenvalue weighted by Crippen LogP contribution is 2.26. The van der Waals surface area contributed by atoms with Gasteiger partial charge in [-0.15, -0.1) is 0 Å². The zero-order chi connectivity index (χ0) is 16.8. The van der Waals surface area contributed by atoms with Gasteiger partial charge in [0.1, 0.15) is 30.6 Å². The number of esters is 1. The van der Waals surface area contributed by atoms with Gasteiger partial charge in [-0.25, -0.2) is 5.14 Å². The Morgan fingerprint density at radius 1 is 1.45 bits per heavy atom. The van der Waals surface area contributed by atoms with E-state index in [2.05, 4.69) is 6.58 Å². The van der Waals surface area contributed by atoms with Crippen LogP contribution in [0.1, 0.15) is 12.5 Å². The summed E-state index contributed by atoms with van der Waals surface area (Å²) in [5, 5.41) is 14.0. The Balaban J connectivity index is 2.83. The molecular formula is C13H15N3O5S. The number of rotatable bonds is 7. The first-order chi connectivity index (χ1) is 10.2. The third kappa shape index (κ3) is 5.82. The van der Waals surface area contributed by atoms with Crippen molar-refractivity contribution in [3.63, 3.8) is 0 Å². The van der Waals surface area contributed by atoms with Crippen LogP contribution < -0.4 is 14.6 Å². The fourth-order valence-electron chi connectivity index (χ4n) is 1.43. The lowest BCUT2D eigenvalue weighted by Gasteiger charge is -2.12. The van der Waals surface area contributed by atoms with Gasteiger partial charge in [0.25, 0.3) is 10.2 Å². The number of nitrogens with two attached hydrogens (primary N) is 1. The van der Waals surface area contributed by atoms with Crippen LogP contribution in [-0.4, -0.2) is 27.6 Å². The Bertz CT molecular complexity index is 722. The van der Waals surface area contributed by atoms with Crippen LogP contribution in [0.15, 0.2) is 30.4 Å². The van der Waals surface area contributed by atoms with Crippen LogP contribution >= 0.6 is 0 Å². The van der Waals surface area contributed by atoms with Gasteiger partial charge in [0.2, 0.25) is 0 Å². The predicted octanol–water partition coefficient (Wildman–Crippen LogP) is 0.672. The minimum absolute atomic E-state index is 0.000782. The molecule has 1 rings (SSSR count). The largest absolute Gasteiger partial charge is 0.488 e. The zero-order valence-corrected chi connectivity index (χ0v) is 12.6. The maximum Gasteiger partial charge on any atom is 0.302 e. The highest BCUT2D eigenvalue weighted by Gasteiger charge is 2.13. The van der Waals surface area contributed by atoms with E-state index in [4.69, 9.17) is 19.9 Å². The number of ether oxygens (including phenoxy) is 2. The lowest BCUT2D eigenvalue weighted by Crippen LogP contribution is -2.22. The summed E-state index contributed by atoms with van der Waals surface area (Å²) in [5.41, 5.74) is 0.466. The van der Waals surface area contributed by atoms with Crippen LogP contribution in [0.25, 0.3) is 0 Å². The standard InChI is InChI=1S/C13H15N3O5S/c1-9(7-20-10(2)17)8-21-13-5-3-4-12(11(13)6-14)16-22(15,18)19/h3-5,16H,1,7-8H2,2H3,(H2,15,18,19). The summed E-state index contributed by atoms with van der Waals surface area (Å²) >= 11 is 0. The molecule has 0 aromatic heterocycles. The molecule has 1 aromatic carbocycles. The Kier molecular flexibility index (Phi) is 5.91. The van der Waals surface area contributed by atoms with E-state index in [0.717, 1.165) is 0 Å². The summed E-state index contributed by atoms with van der Waals surface area (Å²) < 4.78 is 34.3. The number of anilines is 1. The minimum atomic E-state index is -4.01. The molecule has 0 heterocycles. The molecule has 22 heavy (non-hydrogen) atoms. The van der Waals surface area contributed by atoms with Crippen LogP contribution in [0.2, 0.25) is 0 Å². The van der Waals surface area contributed by atoms with Crippen LogP contribution in [-0.2, 0) is 19.7 Å². The molecule has 0 unspecified atom stereocenters. The molecule has 0 aliphatic heterocycles. The summed E-state index contributed by atoms with van der Waals surface area (Å²) in [6.07, 6.45) is 0. The fourth-order valence-corrected chi connectivity index (χ4v) is 1.91. The second kappa shape index (κ2) is 7.44. The van der Waals surface area contributed by atoms with E-state index in [-0.39, 0.29) is 30.2 Å².